The Kier molecular flexibility index (Phi) is 6.79. The predicted octanol–water partition coefficient (Wildman–Crippen LogP) is 4.67. The van der Waals surface area contributed by atoms with Crippen molar-refractivity contribution in [2.45, 2.75) is 45.3 Å². The van der Waals surface area contributed by atoms with Gasteiger partial charge in [-0.1, -0.05) is 18.2 Å². The molecule has 0 unspecified atom stereocenters. The predicted molar refractivity (Wildman–Crippen MR) is 120 cm³/mol. The van der Waals surface area contributed by atoms with Crippen molar-refractivity contribution in [1.29, 1.82) is 0 Å². The van der Waals surface area contributed by atoms with Crippen LogP contribution < -0.4 is 16.0 Å². The van der Waals surface area contributed by atoms with Gasteiger partial charge in [-0.15, -0.1) is 0 Å². The number of hydrogen-bond donors (Lipinski definition) is 3. The van der Waals surface area contributed by atoms with Gasteiger partial charge in [0, 0.05) is 23.6 Å². The van der Waals surface area contributed by atoms with E-state index < -0.39 is 17.7 Å². The number of benzene rings is 2. The highest BCUT2D eigenvalue weighted by molar-refractivity contribution is 6.00. The molecule has 1 saturated heterocycles. The molecule has 2 aromatic rings. The lowest BCUT2D eigenvalue weighted by molar-refractivity contribution is -0.120. The molecule has 8 heteroatoms. The van der Waals surface area contributed by atoms with E-state index in [4.69, 9.17) is 4.74 Å². The SMILES string of the molecule is CC(C)(C)OC(=O)N1CCC[C@H]1C(=O)Nc1ccc(NC(=O)Nc2ccccc2)cc1. The molecule has 0 aromatic heterocycles. The zero-order valence-corrected chi connectivity index (χ0v) is 18.0. The molecule has 31 heavy (non-hydrogen) atoms. The lowest BCUT2D eigenvalue weighted by Gasteiger charge is -2.28. The molecule has 4 amide bonds. The molecule has 1 atom stereocenters. The second-order valence-electron chi connectivity index (χ2n) is 8.34. The number of nitrogens with one attached hydrogen (secondary N) is 3. The standard InChI is InChI=1S/C23H28N4O4/c1-23(2,3)31-22(30)27-15-7-10-19(27)20(28)24-17-11-13-18(14-12-17)26-21(29)25-16-8-5-4-6-9-16/h4-6,8-9,11-14,19H,7,10,15H2,1-3H3,(H,24,28)(H2,25,26,29)/t19-/m0/s1. The molecule has 0 radical (unpaired) electrons. The summed E-state index contributed by atoms with van der Waals surface area (Å²) in [5.74, 6) is -0.258. The maximum absolute atomic E-state index is 12.7. The first kappa shape index (κ1) is 22.1. The van der Waals surface area contributed by atoms with E-state index in [0.29, 0.717) is 30.0 Å². The number of carbonyl (C=O) groups is 3. The Balaban J connectivity index is 1.54. The number of amides is 4. The topological polar surface area (TPSA) is 99.8 Å². The van der Waals surface area contributed by atoms with E-state index in [1.807, 2.05) is 18.2 Å². The van der Waals surface area contributed by atoms with Crippen LogP contribution in [0.5, 0.6) is 0 Å². The van der Waals surface area contributed by atoms with Gasteiger partial charge in [0.2, 0.25) is 5.91 Å². The molecule has 8 nitrogen and oxygen atoms in total. The van der Waals surface area contributed by atoms with Crippen LogP contribution in [0, 0.1) is 0 Å². The maximum Gasteiger partial charge on any atom is 0.410 e. The number of rotatable bonds is 4. The van der Waals surface area contributed by atoms with Crippen LogP contribution in [0.1, 0.15) is 33.6 Å². The summed E-state index contributed by atoms with van der Waals surface area (Å²) in [6, 6.07) is 15.0. The molecule has 0 aliphatic carbocycles. The molecule has 3 N–H and O–H groups in total. The fraction of sp³-hybridized carbons (Fsp3) is 0.348. The Hall–Kier alpha value is -3.55. The van der Waals surface area contributed by atoms with E-state index in [2.05, 4.69) is 16.0 Å². The fourth-order valence-electron chi connectivity index (χ4n) is 3.26. The summed E-state index contributed by atoms with van der Waals surface area (Å²) in [7, 11) is 0. The number of anilines is 3. The van der Waals surface area contributed by atoms with E-state index in [1.54, 1.807) is 57.2 Å². The number of para-hydroxylation sites is 1. The summed E-state index contributed by atoms with van der Waals surface area (Å²) in [5.41, 5.74) is 1.24. The highest BCUT2D eigenvalue weighted by Crippen LogP contribution is 2.23. The summed E-state index contributed by atoms with van der Waals surface area (Å²) >= 11 is 0. The number of nitrogens with zero attached hydrogens (tertiary/aromatic N) is 1. The van der Waals surface area contributed by atoms with Crippen LogP contribution >= 0.6 is 0 Å². The van der Waals surface area contributed by atoms with Crippen molar-refractivity contribution in [2.24, 2.45) is 0 Å². The quantitative estimate of drug-likeness (QED) is 0.664. The molecule has 2 aromatic carbocycles. The Morgan fingerprint density at radius 3 is 2.00 bits per heavy atom. The second kappa shape index (κ2) is 9.51. The van der Waals surface area contributed by atoms with Crippen molar-refractivity contribution < 1.29 is 19.1 Å². The lowest BCUT2D eigenvalue weighted by Crippen LogP contribution is -2.45. The Labute approximate surface area is 182 Å². The maximum atomic E-state index is 12.7. The zero-order chi connectivity index (χ0) is 22.4. The molecule has 1 aliphatic rings. The lowest BCUT2D eigenvalue weighted by atomic mass is 10.2. The molecule has 1 fully saturated rings. The number of likely N-dealkylation sites (tertiary alicyclic amines) is 1. The van der Waals surface area contributed by atoms with E-state index in [-0.39, 0.29) is 11.9 Å². The smallest absolute Gasteiger partial charge is 0.410 e. The number of ether oxygens (including phenoxy) is 1. The molecule has 0 bridgehead atoms. The minimum atomic E-state index is -0.615. The first-order chi connectivity index (χ1) is 14.7. The van der Waals surface area contributed by atoms with Gasteiger partial charge in [-0.3, -0.25) is 9.69 Å². The molecule has 0 spiro atoms. The first-order valence-corrected chi connectivity index (χ1v) is 10.2. The molecule has 1 aliphatic heterocycles. The van der Waals surface area contributed by atoms with Crippen LogP contribution in [0.2, 0.25) is 0 Å². The van der Waals surface area contributed by atoms with Crippen LogP contribution in [-0.2, 0) is 9.53 Å². The monoisotopic (exact) mass is 424 g/mol. The summed E-state index contributed by atoms with van der Waals surface area (Å²) < 4.78 is 5.41. The molecule has 164 valence electrons. The van der Waals surface area contributed by atoms with E-state index >= 15 is 0 Å². The van der Waals surface area contributed by atoms with Gasteiger partial charge in [0.05, 0.1) is 0 Å². The van der Waals surface area contributed by atoms with E-state index in [0.717, 1.165) is 6.42 Å². The van der Waals surface area contributed by atoms with Crippen LogP contribution in [0.25, 0.3) is 0 Å². The van der Waals surface area contributed by atoms with Gasteiger partial charge in [0.1, 0.15) is 11.6 Å². The van der Waals surface area contributed by atoms with Crippen molar-refractivity contribution in [1.82, 2.24) is 4.90 Å². The summed E-state index contributed by atoms with van der Waals surface area (Å²) in [5, 5.41) is 8.31. The Bertz CT molecular complexity index is 923. The van der Waals surface area contributed by atoms with Gasteiger partial charge in [0.15, 0.2) is 0 Å². The van der Waals surface area contributed by atoms with E-state index in [9.17, 15) is 14.4 Å². The first-order valence-electron chi connectivity index (χ1n) is 10.2. The van der Waals surface area contributed by atoms with Crippen molar-refractivity contribution in [3.63, 3.8) is 0 Å². The third kappa shape index (κ3) is 6.47. The third-order valence-corrected chi connectivity index (χ3v) is 4.63. The number of hydrogen-bond acceptors (Lipinski definition) is 4. The Morgan fingerprint density at radius 2 is 1.42 bits per heavy atom. The molecular weight excluding hydrogens is 396 g/mol. The van der Waals surface area contributed by atoms with Crippen molar-refractivity contribution in [3.8, 4) is 0 Å². The Morgan fingerprint density at radius 1 is 0.871 bits per heavy atom. The summed E-state index contributed by atoms with van der Waals surface area (Å²) in [6.07, 6.45) is 0.857. The van der Waals surface area contributed by atoms with Gasteiger partial charge in [0.25, 0.3) is 0 Å². The molecule has 0 saturated carbocycles. The molecule has 1 heterocycles. The van der Waals surface area contributed by atoms with Crippen molar-refractivity contribution in [3.05, 3.63) is 54.6 Å². The second-order valence-corrected chi connectivity index (χ2v) is 8.34. The van der Waals surface area contributed by atoms with Crippen molar-refractivity contribution >= 4 is 35.1 Å². The van der Waals surface area contributed by atoms with Crippen LogP contribution in [-0.4, -0.2) is 41.1 Å². The minimum absolute atomic E-state index is 0.258. The average molecular weight is 425 g/mol. The van der Waals surface area contributed by atoms with Crippen LogP contribution in [0.4, 0.5) is 26.7 Å². The van der Waals surface area contributed by atoms with Gasteiger partial charge >= 0.3 is 12.1 Å². The fourth-order valence-corrected chi connectivity index (χ4v) is 3.26. The van der Waals surface area contributed by atoms with Gasteiger partial charge in [-0.2, -0.15) is 0 Å². The number of urea groups is 1. The third-order valence-electron chi connectivity index (χ3n) is 4.63. The highest BCUT2D eigenvalue weighted by Gasteiger charge is 2.36. The van der Waals surface area contributed by atoms with Crippen LogP contribution in [0.3, 0.4) is 0 Å². The summed E-state index contributed by atoms with van der Waals surface area (Å²) in [4.78, 5) is 38.7. The zero-order valence-electron chi connectivity index (χ0n) is 18.0. The van der Waals surface area contributed by atoms with Crippen LogP contribution in [0.15, 0.2) is 54.6 Å². The normalized spacial score (nSPS) is 15.8. The van der Waals surface area contributed by atoms with Gasteiger partial charge in [-0.05, 0) is 70.0 Å². The van der Waals surface area contributed by atoms with E-state index in [1.165, 1.54) is 4.90 Å². The molecule has 3 rings (SSSR count). The largest absolute Gasteiger partial charge is 0.444 e. The van der Waals surface area contributed by atoms with Crippen molar-refractivity contribution in [2.75, 3.05) is 22.5 Å². The van der Waals surface area contributed by atoms with Gasteiger partial charge in [-0.25, -0.2) is 9.59 Å². The average Bonchev–Trinajstić information content (AvgIpc) is 3.19. The highest BCUT2D eigenvalue weighted by atomic mass is 16.6. The molecular formula is C23H28N4O4. The minimum Gasteiger partial charge on any atom is -0.444 e. The summed E-state index contributed by atoms with van der Waals surface area (Å²) in [6.45, 7) is 5.88. The number of carbonyl (C=O) groups excluding carboxylic acids is 3. The van der Waals surface area contributed by atoms with Gasteiger partial charge < -0.3 is 20.7 Å².